The lowest BCUT2D eigenvalue weighted by molar-refractivity contribution is 0.0698. The normalized spacial score (nSPS) is 14.1. The van der Waals surface area contributed by atoms with E-state index in [1.54, 1.807) is 13.2 Å². The molecule has 1 fully saturated rings. The molecule has 8 nitrogen and oxygen atoms in total. The van der Waals surface area contributed by atoms with Crippen LogP contribution < -0.4 is 19.3 Å². The molecule has 178 valence electrons. The van der Waals surface area contributed by atoms with E-state index in [4.69, 9.17) is 4.74 Å². The number of nitrogens with zero attached hydrogens (tertiary/aromatic N) is 2. The molecule has 1 saturated heterocycles. The minimum Gasteiger partial charge on any atom is -0.497 e. The number of hydrogen-bond donors (Lipinski definition) is 2. The summed E-state index contributed by atoms with van der Waals surface area (Å²) in [5.41, 5.74) is 1.55. The van der Waals surface area contributed by atoms with Crippen LogP contribution in [-0.2, 0) is 10.0 Å². The number of piperazine rings is 1. The van der Waals surface area contributed by atoms with Gasteiger partial charge in [0.05, 0.1) is 23.3 Å². The second kappa shape index (κ2) is 9.60. The van der Waals surface area contributed by atoms with Crippen molar-refractivity contribution < 1.29 is 27.4 Å². The highest BCUT2D eigenvalue weighted by molar-refractivity contribution is 7.92. The molecule has 0 amide bonds. The summed E-state index contributed by atoms with van der Waals surface area (Å²) < 4.78 is 45.9. The van der Waals surface area contributed by atoms with E-state index in [9.17, 15) is 22.7 Å². The van der Waals surface area contributed by atoms with Crippen LogP contribution >= 0.6 is 0 Å². The van der Waals surface area contributed by atoms with Crippen LogP contribution in [0.4, 0.5) is 21.5 Å². The van der Waals surface area contributed by atoms with Gasteiger partial charge in [0, 0.05) is 37.6 Å². The van der Waals surface area contributed by atoms with Gasteiger partial charge in [-0.3, -0.25) is 4.72 Å². The number of carboxylic acids is 1. The van der Waals surface area contributed by atoms with Crippen LogP contribution in [0.5, 0.6) is 5.75 Å². The molecule has 0 atom stereocenters. The van der Waals surface area contributed by atoms with Gasteiger partial charge in [0.25, 0.3) is 10.0 Å². The van der Waals surface area contributed by atoms with Crippen molar-refractivity contribution in [3.63, 3.8) is 0 Å². The standard InChI is InChI=1S/C24H24FN3O5S/c1-33-20-7-4-18(5-8-20)27-12-14-28(15-13-27)19-6-11-23(22(16-19)24(29)30)26-34(31,32)21-9-2-17(25)3-10-21/h2-11,16,26H,12-15H2,1H3,(H,29,30). The summed E-state index contributed by atoms with van der Waals surface area (Å²) in [6, 6.07) is 16.7. The zero-order valence-corrected chi connectivity index (χ0v) is 19.3. The summed E-state index contributed by atoms with van der Waals surface area (Å²) >= 11 is 0. The molecule has 1 aliphatic rings. The van der Waals surface area contributed by atoms with Crippen molar-refractivity contribution in [2.45, 2.75) is 4.90 Å². The molecule has 0 unspecified atom stereocenters. The Morgan fingerprint density at radius 3 is 2.03 bits per heavy atom. The molecule has 10 heteroatoms. The van der Waals surface area contributed by atoms with Crippen molar-refractivity contribution in [3.8, 4) is 5.75 Å². The van der Waals surface area contributed by atoms with Crippen LogP contribution in [0, 0.1) is 5.82 Å². The summed E-state index contributed by atoms with van der Waals surface area (Å²) in [6.45, 7) is 2.83. The lowest BCUT2D eigenvalue weighted by Gasteiger charge is -2.37. The quantitative estimate of drug-likeness (QED) is 0.527. The van der Waals surface area contributed by atoms with Gasteiger partial charge in [0.1, 0.15) is 11.6 Å². The molecule has 0 aromatic heterocycles. The Bertz CT molecular complexity index is 1270. The first-order chi connectivity index (χ1) is 16.3. The molecule has 4 rings (SSSR count). The fourth-order valence-corrected chi connectivity index (χ4v) is 4.91. The molecule has 0 spiro atoms. The molecule has 0 saturated carbocycles. The van der Waals surface area contributed by atoms with Crippen molar-refractivity contribution >= 4 is 33.1 Å². The molecule has 0 radical (unpaired) electrons. The van der Waals surface area contributed by atoms with Crippen LogP contribution in [0.1, 0.15) is 10.4 Å². The first kappa shape index (κ1) is 23.4. The number of methoxy groups -OCH3 is 1. The third-order valence-electron chi connectivity index (χ3n) is 5.68. The summed E-state index contributed by atoms with van der Waals surface area (Å²) in [5, 5.41) is 9.70. The maximum Gasteiger partial charge on any atom is 0.337 e. The Labute approximate surface area is 197 Å². The van der Waals surface area contributed by atoms with Crippen LogP contribution in [0.25, 0.3) is 0 Å². The third-order valence-corrected chi connectivity index (χ3v) is 7.07. The number of anilines is 3. The van der Waals surface area contributed by atoms with Gasteiger partial charge in [-0.15, -0.1) is 0 Å². The van der Waals surface area contributed by atoms with Crippen LogP contribution in [0.3, 0.4) is 0 Å². The molecule has 34 heavy (non-hydrogen) atoms. The van der Waals surface area contributed by atoms with Gasteiger partial charge in [0.15, 0.2) is 0 Å². The number of nitrogens with one attached hydrogen (secondary N) is 1. The smallest absolute Gasteiger partial charge is 0.337 e. The van der Waals surface area contributed by atoms with Crippen molar-refractivity contribution in [2.75, 3.05) is 47.8 Å². The van der Waals surface area contributed by atoms with Crippen LogP contribution in [0.15, 0.2) is 71.6 Å². The van der Waals surface area contributed by atoms with Crippen molar-refractivity contribution in [2.24, 2.45) is 0 Å². The molecule has 3 aromatic carbocycles. The Balaban J connectivity index is 1.49. The number of ether oxygens (including phenoxy) is 1. The summed E-state index contributed by atoms with van der Waals surface area (Å²) in [6.07, 6.45) is 0. The predicted octanol–water partition coefficient (Wildman–Crippen LogP) is 3.66. The first-order valence-electron chi connectivity index (χ1n) is 10.6. The number of rotatable bonds is 7. The number of carbonyl (C=O) groups is 1. The minimum atomic E-state index is -4.08. The Kier molecular flexibility index (Phi) is 6.60. The molecule has 3 aromatic rings. The summed E-state index contributed by atoms with van der Waals surface area (Å²) in [4.78, 5) is 16.0. The van der Waals surface area contributed by atoms with Crippen LogP contribution in [-0.4, -0.2) is 52.8 Å². The largest absolute Gasteiger partial charge is 0.497 e. The van der Waals surface area contributed by atoms with Gasteiger partial charge in [-0.25, -0.2) is 17.6 Å². The monoisotopic (exact) mass is 485 g/mol. The molecular formula is C24H24FN3O5S. The number of benzene rings is 3. The highest BCUT2D eigenvalue weighted by Gasteiger charge is 2.22. The first-order valence-corrected chi connectivity index (χ1v) is 12.0. The summed E-state index contributed by atoms with van der Waals surface area (Å²) in [7, 11) is -2.45. The minimum absolute atomic E-state index is 0.0579. The number of halogens is 1. The van der Waals surface area contributed by atoms with E-state index < -0.39 is 21.8 Å². The fraction of sp³-hybridized carbons (Fsp3) is 0.208. The zero-order valence-electron chi connectivity index (χ0n) is 18.4. The second-order valence-corrected chi connectivity index (χ2v) is 9.45. The van der Waals surface area contributed by atoms with Gasteiger partial charge in [0.2, 0.25) is 0 Å². The Morgan fingerprint density at radius 2 is 1.47 bits per heavy atom. The van der Waals surface area contributed by atoms with E-state index >= 15 is 0 Å². The Morgan fingerprint density at radius 1 is 0.912 bits per heavy atom. The van der Waals surface area contributed by atoms with E-state index in [-0.39, 0.29) is 16.1 Å². The molecule has 2 N–H and O–H groups in total. The predicted molar refractivity (Wildman–Crippen MR) is 128 cm³/mol. The lowest BCUT2D eigenvalue weighted by Crippen LogP contribution is -2.46. The van der Waals surface area contributed by atoms with Gasteiger partial charge >= 0.3 is 5.97 Å². The molecule has 1 heterocycles. The number of sulfonamides is 1. The van der Waals surface area contributed by atoms with Crippen molar-refractivity contribution in [1.29, 1.82) is 0 Å². The molecule has 1 aliphatic heterocycles. The van der Waals surface area contributed by atoms with Gasteiger partial charge in [-0.2, -0.15) is 0 Å². The van der Waals surface area contributed by atoms with Crippen molar-refractivity contribution in [1.82, 2.24) is 0 Å². The number of aromatic carboxylic acids is 1. The number of hydrogen-bond acceptors (Lipinski definition) is 6. The Hall–Kier alpha value is -3.79. The molecule has 0 aliphatic carbocycles. The van der Waals surface area contributed by atoms with Gasteiger partial charge < -0.3 is 19.6 Å². The molecular weight excluding hydrogens is 461 g/mol. The van der Waals surface area contributed by atoms with Crippen molar-refractivity contribution in [3.05, 3.63) is 78.1 Å². The number of carboxylic acid groups (broad SMARTS) is 1. The SMILES string of the molecule is COc1ccc(N2CCN(c3ccc(NS(=O)(=O)c4ccc(F)cc4)c(C(=O)O)c3)CC2)cc1. The van der Waals surface area contributed by atoms with Crippen LogP contribution in [0.2, 0.25) is 0 Å². The summed E-state index contributed by atoms with van der Waals surface area (Å²) in [5.74, 6) is -1.03. The highest BCUT2D eigenvalue weighted by Crippen LogP contribution is 2.28. The fourth-order valence-electron chi connectivity index (χ4n) is 3.83. The van der Waals surface area contributed by atoms with Gasteiger partial charge in [-0.05, 0) is 66.7 Å². The topological polar surface area (TPSA) is 99.2 Å². The maximum atomic E-state index is 13.1. The average molecular weight is 486 g/mol. The maximum absolute atomic E-state index is 13.1. The van der Waals surface area contributed by atoms with E-state index in [0.717, 1.165) is 48.8 Å². The van der Waals surface area contributed by atoms with Gasteiger partial charge in [-0.1, -0.05) is 0 Å². The molecule has 0 bridgehead atoms. The zero-order chi connectivity index (χ0) is 24.3. The van der Waals surface area contributed by atoms with E-state index in [2.05, 4.69) is 14.5 Å². The highest BCUT2D eigenvalue weighted by atomic mass is 32.2. The second-order valence-electron chi connectivity index (χ2n) is 7.77. The van der Waals surface area contributed by atoms with E-state index in [0.29, 0.717) is 18.8 Å². The third kappa shape index (κ3) is 5.07. The lowest BCUT2D eigenvalue weighted by atomic mass is 10.1. The van der Waals surface area contributed by atoms with E-state index in [1.807, 2.05) is 24.3 Å². The van der Waals surface area contributed by atoms with E-state index in [1.165, 1.54) is 12.1 Å². The average Bonchev–Trinajstić information content (AvgIpc) is 2.84.